The molecular formula is C16H15FN2S. The summed E-state index contributed by atoms with van der Waals surface area (Å²) in [5, 5.41) is 3.27. The molecule has 0 saturated heterocycles. The van der Waals surface area contributed by atoms with Crippen molar-refractivity contribution in [3.63, 3.8) is 0 Å². The molecule has 4 heteroatoms. The van der Waals surface area contributed by atoms with Crippen LogP contribution in [0.5, 0.6) is 0 Å². The van der Waals surface area contributed by atoms with Crippen molar-refractivity contribution in [2.75, 3.05) is 0 Å². The van der Waals surface area contributed by atoms with E-state index in [4.69, 9.17) is 5.84 Å². The highest BCUT2D eigenvalue weighted by Gasteiger charge is 2.16. The SMILES string of the molecule is NNC(Cc1ccccc1F)c1csc2ccccc12. The van der Waals surface area contributed by atoms with E-state index in [1.807, 2.05) is 18.2 Å². The van der Waals surface area contributed by atoms with Crippen LogP contribution >= 0.6 is 11.3 Å². The second kappa shape index (κ2) is 5.71. The van der Waals surface area contributed by atoms with Crippen LogP contribution in [0.25, 0.3) is 10.1 Å². The van der Waals surface area contributed by atoms with Crippen LogP contribution in [0, 0.1) is 5.82 Å². The Kier molecular flexibility index (Phi) is 3.78. The molecule has 20 heavy (non-hydrogen) atoms. The molecule has 1 heterocycles. The maximum Gasteiger partial charge on any atom is 0.126 e. The van der Waals surface area contributed by atoms with Gasteiger partial charge in [0, 0.05) is 4.70 Å². The predicted octanol–water partition coefficient (Wildman–Crippen LogP) is 3.79. The van der Waals surface area contributed by atoms with Crippen molar-refractivity contribution in [2.45, 2.75) is 12.5 Å². The van der Waals surface area contributed by atoms with Crippen LogP contribution in [0.2, 0.25) is 0 Å². The molecule has 0 fully saturated rings. The van der Waals surface area contributed by atoms with Gasteiger partial charge in [0.05, 0.1) is 6.04 Å². The molecule has 1 aromatic heterocycles. The molecule has 3 N–H and O–H groups in total. The molecule has 2 nitrogen and oxygen atoms in total. The fourth-order valence-electron chi connectivity index (χ4n) is 2.41. The van der Waals surface area contributed by atoms with E-state index < -0.39 is 0 Å². The number of hydrogen-bond donors (Lipinski definition) is 2. The Morgan fingerprint density at radius 1 is 1.10 bits per heavy atom. The largest absolute Gasteiger partial charge is 0.271 e. The zero-order chi connectivity index (χ0) is 13.9. The van der Waals surface area contributed by atoms with E-state index in [-0.39, 0.29) is 11.9 Å². The highest BCUT2D eigenvalue weighted by molar-refractivity contribution is 7.17. The van der Waals surface area contributed by atoms with E-state index in [0.717, 1.165) is 5.56 Å². The molecule has 0 aliphatic heterocycles. The van der Waals surface area contributed by atoms with Crippen molar-refractivity contribution in [2.24, 2.45) is 5.84 Å². The van der Waals surface area contributed by atoms with Crippen LogP contribution in [-0.4, -0.2) is 0 Å². The van der Waals surface area contributed by atoms with Gasteiger partial charge >= 0.3 is 0 Å². The molecule has 102 valence electrons. The Morgan fingerprint density at radius 2 is 1.85 bits per heavy atom. The third kappa shape index (κ3) is 2.45. The number of nitrogens with one attached hydrogen (secondary N) is 1. The first kappa shape index (κ1) is 13.2. The second-order valence-electron chi connectivity index (χ2n) is 4.70. The lowest BCUT2D eigenvalue weighted by Crippen LogP contribution is -2.29. The number of nitrogens with two attached hydrogens (primary N) is 1. The summed E-state index contributed by atoms with van der Waals surface area (Å²) in [7, 11) is 0. The van der Waals surface area contributed by atoms with E-state index >= 15 is 0 Å². The van der Waals surface area contributed by atoms with Crippen LogP contribution in [0.15, 0.2) is 53.9 Å². The average Bonchev–Trinajstić information content (AvgIpc) is 2.90. The quantitative estimate of drug-likeness (QED) is 0.565. The molecule has 0 aliphatic rings. The second-order valence-corrected chi connectivity index (χ2v) is 5.61. The summed E-state index contributed by atoms with van der Waals surface area (Å²) in [5.41, 5.74) is 4.61. The zero-order valence-corrected chi connectivity index (χ0v) is 11.7. The summed E-state index contributed by atoms with van der Waals surface area (Å²) in [6.07, 6.45) is 0.532. The van der Waals surface area contributed by atoms with Crippen LogP contribution in [0.1, 0.15) is 17.2 Å². The number of hydrogen-bond acceptors (Lipinski definition) is 3. The molecule has 2 aromatic carbocycles. The first-order valence-electron chi connectivity index (χ1n) is 6.45. The summed E-state index contributed by atoms with van der Waals surface area (Å²) in [6.45, 7) is 0. The smallest absolute Gasteiger partial charge is 0.126 e. The molecule has 1 unspecified atom stereocenters. The maximum atomic E-state index is 13.8. The van der Waals surface area contributed by atoms with E-state index in [1.165, 1.54) is 16.2 Å². The summed E-state index contributed by atoms with van der Waals surface area (Å²) in [6, 6.07) is 14.9. The van der Waals surface area contributed by atoms with Crippen LogP contribution < -0.4 is 11.3 Å². The van der Waals surface area contributed by atoms with Crippen LogP contribution in [0.4, 0.5) is 4.39 Å². The Bertz CT molecular complexity index is 723. The normalized spacial score (nSPS) is 12.7. The minimum Gasteiger partial charge on any atom is -0.271 e. The first-order chi connectivity index (χ1) is 9.79. The third-order valence-electron chi connectivity index (χ3n) is 3.47. The van der Waals surface area contributed by atoms with Gasteiger partial charge in [-0.3, -0.25) is 11.3 Å². The van der Waals surface area contributed by atoms with Crippen molar-refractivity contribution >= 4 is 21.4 Å². The average molecular weight is 286 g/mol. The molecule has 0 radical (unpaired) electrons. The van der Waals surface area contributed by atoms with E-state index in [1.54, 1.807) is 23.5 Å². The summed E-state index contributed by atoms with van der Waals surface area (Å²) in [5.74, 6) is 5.50. The molecule has 3 rings (SSSR count). The molecule has 3 aromatic rings. The Morgan fingerprint density at radius 3 is 2.65 bits per heavy atom. The topological polar surface area (TPSA) is 38.0 Å². The van der Waals surface area contributed by atoms with Crippen LogP contribution in [-0.2, 0) is 6.42 Å². The lowest BCUT2D eigenvalue weighted by atomic mass is 9.98. The molecule has 1 atom stereocenters. The lowest BCUT2D eigenvalue weighted by molar-refractivity contribution is 0.532. The monoisotopic (exact) mass is 286 g/mol. The summed E-state index contributed by atoms with van der Waals surface area (Å²) >= 11 is 1.68. The van der Waals surface area contributed by atoms with E-state index in [0.29, 0.717) is 12.0 Å². The number of thiophene rings is 1. The minimum atomic E-state index is -0.188. The highest BCUT2D eigenvalue weighted by atomic mass is 32.1. The van der Waals surface area contributed by atoms with E-state index in [2.05, 4.69) is 22.9 Å². The number of hydrazine groups is 1. The molecule has 0 bridgehead atoms. The third-order valence-corrected chi connectivity index (χ3v) is 4.45. The number of rotatable bonds is 4. The van der Waals surface area contributed by atoms with Gasteiger partial charge in [-0.15, -0.1) is 11.3 Å². The highest BCUT2D eigenvalue weighted by Crippen LogP contribution is 2.31. The maximum absolute atomic E-state index is 13.8. The van der Waals surface area contributed by atoms with Gasteiger partial charge in [0.25, 0.3) is 0 Å². The summed E-state index contributed by atoms with van der Waals surface area (Å²) < 4.78 is 15.0. The number of fused-ring (bicyclic) bond motifs is 1. The molecular weight excluding hydrogens is 271 g/mol. The first-order valence-corrected chi connectivity index (χ1v) is 7.33. The molecule has 0 aliphatic carbocycles. The van der Waals surface area contributed by atoms with E-state index in [9.17, 15) is 4.39 Å². The lowest BCUT2D eigenvalue weighted by Gasteiger charge is -2.16. The zero-order valence-electron chi connectivity index (χ0n) is 10.8. The summed E-state index contributed by atoms with van der Waals surface area (Å²) in [4.78, 5) is 0. The Balaban J connectivity index is 1.96. The van der Waals surface area contributed by atoms with Crippen molar-refractivity contribution in [3.05, 3.63) is 70.9 Å². The van der Waals surface area contributed by atoms with Crippen molar-refractivity contribution in [1.29, 1.82) is 0 Å². The van der Waals surface area contributed by atoms with Gasteiger partial charge in [-0.1, -0.05) is 36.4 Å². The van der Waals surface area contributed by atoms with Gasteiger partial charge in [0.15, 0.2) is 0 Å². The van der Waals surface area contributed by atoms with Crippen molar-refractivity contribution in [1.82, 2.24) is 5.43 Å². The molecule has 0 amide bonds. The minimum absolute atomic E-state index is 0.0944. The van der Waals surface area contributed by atoms with Gasteiger partial charge < -0.3 is 0 Å². The molecule has 0 saturated carbocycles. The van der Waals surface area contributed by atoms with Crippen molar-refractivity contribution < 1.29 is 4.39 Å². The number of halogens is 1. The Hall–Kier alpha value is -1.75. The fraction of sp³-hybridized carbons (Fsp3) is 0.125. The predicted molar refractivity (Wildman–Crippen MR) is 82.0 cm³/mol. The number of benzene rings is 2. The van der Waals surface area contributed by atoms with Gasteiger partial charge in [-0.05, 0) is 40.4 Å². The molecule has 0 spiro atoms. The van der Waals surface area contributed by atoms with Crippen LogP contribution in [0.3, 0.4) is 0 Å². The van der Waals surface area contributed by atoms with Gasteiger partial charge in [0.2, 0.25) is 0 Å². The van der Waals surface area contributed by atoms with Crippen molar-refractivity contribution in [3.8, 4) is 0 Å². The Labute approximate surface area is 121 Å². The van der Waals surface area contributed by atoms with Gasteiger partial charge in [0.1, 0.15) is 5.82 Å². The fourth-order valence-corrected chi connectivity index (χ4v) is 3.43. The van der Waals surface area contributed by atoms with Gasteiger partial charge in [-0.25, -0.2) is 4.39 Å². The standard InChI is InChI=1S/C16H15FN2S/c17-14-7-3-1-5-11(14)9-15(19-18)13-10-20-16-8-4-2-6-12(13)16/h1-8,10,15,19H,9,18H2. The van der Waals surface area contributed by atoms with Gasteiger partial charge in [-0.2, -0.15) is 0 Å².